The fraction of sp³-hybridized carbons (Fsp3) is 0. The fourth-order valence-electron chi connectivity index (χ4n) is 9.13. The van der Waals surface area contributed by atoms with Crippen molar-refractivity contribution in [3.8, 4) is 55.6 Å². The Labute approximate surface area is 365 Å². The highest BCUT2D eigenvalue weighted by atomic mass is 16.3. The van der Waals surface area contributed by atoms with Gasteiger partial charge >= 0.3 is 0 Å². The van der Waals surface area contributed by atoms with Crippen LogP contribution in [0.2, 0.25) is 0 Å². The van der Waals surface area contributed by atoms with Crippen molar-refractivity contribution in [3.63, 3.8) is 0 Å². The van der Waals surface area contributed by atoms with E-state index in [9.17, 15) is 0 Å². The van der Waals surface area contributed by atoms with E-state index in [1.54, 1.807) is 0 Å². The molecule has 0 amide bonds. The highest BCUT2D eigenvalue weighted by molar-refractivity contribution is 6.11. The third-order valence-corrected chi connectivity index (χ3v) is 12.3. The molecule has 3 heteroatoms. The van der Waals surface area contributed by atoms with E-state index in [4.69, 9.17) is 8.83 Å². The van der Waals surface area contributed by atoms with Gasteiger partial charge in [-0.3, -0.25) is 0 Å². The van der Waals surface area contributed by atoms with Gasteiger partial charge in [0.1, 0.15) is 22.3 Å². The van der Waals surface area contributed by atoms with E-state index in [0.29, 0.717) is 0 Å². The van der Waals surface area contributed by atoms with Crippen LogP contribution in [0.3, 0.4) is 0 Å². The van der Waals surface area contributed by atoms with Gasteiger partial charge in [-0.15, -0.1) is 0 Å². The van der Waals surface area contributed by atoms with Gasteiger partial charge in [-0.25, -0.2) is 0 Å². The molecule has 0 fully saturated rings. The lowest BCUT2D eigenvalue weighted by molar-refractivity contribution is 0.669. The lowest BCUT2D eigenvalue weighted by atomic mass is 9.99. The molecule has 10 aromatic carbocycles. The maximum atomic E-state index is 6.50. The van der Waals surface area contributed by atoms with Crippen molar-refractivity contribution in [1.82, 2.24) is 0 Å². The summed E-state index contributed by atoms with van der Waals surface area (Å²) in [7, 11) is 0. The molecule has 0 radical (unpaired) electrons. The molecule has 2 heterocycles. The second-order valence-corrected chi connectivity index (χ2v) is 16.1. The summed E-state index contributed by atoms with van der Waals surface area (Å²) in [5.74, 6) is 0. The van der Waals surface area contributed by atoms with Crippen molar-refractivity contribution >= 4 is 60.9 Å². The molecule has 0 aliphatic rings. The number of benzene rings is 10. The first-order valence-corrected chi connectivity index (χ1v) is 21.4. The highest BCUT2D eigenvalue weighted by Gasteiger charge is 2.17. The number of hydrogen-bond donors (Lipinski definition) is 0. The molecule has 0 aliphatic carbocycles. The monoisotopic (exact) mass is 805 g/mol. The molecule has 296 valence electrons. The van der Waals surface area contributed by atoms with E-state index in [0.717, 1.165) is 94.3 Å². The Morgan fingerprint density at radius 1 is 0.238 bits per heavy atom. The van der Waals surface area contributed by atoms with Gasteiger partial charge in [-0.2, -0.15) is 0 Å². The first-order valence-electron chi connectivity index (χ1n) is 21.4. The SMILES string of the molecule is c1ccc(-c2ccc(-c3ccc(N(c4ccc(-c5ccc6oc7c(-c8ccccc8)cccc7c6c5)cc4)c4ccc(-c5cccc6c5oc5ccccc56)cc4)cc3)cc2)cc1. The number of fused-ring (bicyclic) bond motifs is 6. The van der Waals surface area contributed by atoms with E-state index in [-0.39, 0.29) is 0 Å². The van der Waals surface area contributed by atoms with Gasteiger partial charge in [0.05, 0.1) is 0 Å². The van der Waals surface area contributed by atoms with Gasteiger partial charge in [-0.1, -0.05) is 182 Å². The molecule has 0 bridgehead atoms. The van der Waals surface area contributed by atoms with E-state index in [2.05, 4.69) is 223 Å². The number of para-hydroxylation sites is 3. The number of furan rings is 2. The van der Waals surface area contributed by atoms with E-state index in [1.165, 1.54) is 22.3 Å². The van der Waals surface area contributed by atoms with Gasteiger partial charge in [0, 0.05) is 49.7 Å². The molecule has 0 unspecified atom stereocenters. The molecule has 63 heavy (non-hydrogen) atoms. The van der Waals surface area contributed by atoms with Gasteiger partial charge in [-0.05, 0) is 99.1 Å². The minimum atomic E-state index is 0.885. The van der Waals surface area contributed by atoms with Gasteiger partial charge in [0.25, 0.3) is 0 Å². The van der Waals surface area contributed by atoms with Gasteiger partial charge in [0.15, 0.2) is 0 Å². The van der Waals surface area contributed by atoms with Crippen LogP contribution in [0.25, 0.3) is 99.5 Å². The topological polar surface area (TPSA) is 29.5 Å². The summed E-state index contributed by atoms with van der Waals surface area (Å²) in [6, 6.07) is 84.0. The van der Waals surface area contributed by atoms with Gasteiger partial charge < -0.3 is 13.7 Å². The quantitative estimate of drug-likeness (QED) is 0.153. The second kappa shape index (κ2) is 15.3. The maximum Gasteiger partial charge on any atom is 0.143 e. The predicted octanol–water partition coefficient (Wildman–Crippen LogP) is 17.3. The van der Waals surface area contributed by atoms with Crippen molar-refractivity contribution in [3.05, 3.63) is 237 Å². The zero-order valence-electron chi connectivity index (χ0n) is 34.3. The lowest BCUT2D eigenvalue weighted by Crippen LogP contribution is -2.09. The summed E-state index contributed by atoms with van der Waals surface area (Å²) >= 11 is 0. The number of rotatable bonds is 8. The molecule has 2 aromatic heterocycles. The van der Waals surface area contributed by atoms with Crippen molar-refractivity contribution < 1.29 is 8.83 Å². The Morgan fingerprint density at radius 3 is 1.16 bits per heavy atom. The number of nitrogens with zero attached hydrogens (tertiary/aromatic N) is 1. The largest absolute Gasteiger partial charge is 0.455 e. The summed E-state index contributed by atoms with van der Waals surface area (Å²) in [6.07, 6.45) is 0. The van der Waals surface area contributed by atoms with Crippen molar-refractivity contribution in [1.29, 1.82) is 0 Å². The van der Waals surface area contributed by atoms with Crippen LogP contribution < -0.4 is 4.90 Å². The lowest BCUT2D eigenvalue weighted by Gasteiger charge is -2.26. The minimum Gasteiger partial charge on any atom is -0.455 e. The minimum absolute atomic E-state index is 0.885. The summed E-state index contributed by atoms with van der Waals surface area (Å²) in [5.41, 5.74) is 18.3. The summed E-state index contributed by atoms with van der Waals surface area (Å²) in [6.45, 7) is 0. The van der Waals surface area contributed by atoms with Crippen molar-refractivity contribution in [2.75, 3.05) is 4.90 Å². The third kappa shape index (κ3) is 6.55. The van der Waals surface area contributed by atoms with Crippen molar-refractivity contribution in [2.45, 2.75) is 0 Å². The molecule has 0 saturated heterocycles. The smallest absolute Gasteiger partial charge is 0.143 e. The van der Waals surface area contributed by atoms with Crippen LogP contribution in [-0.2, 0) is 0 Å². The normalized spacial score (nSPS) is 11.5. The summed E-state index contributed by atoms with van der Waals surface area (Å²) < 4.78 is 12.9. The number of hydrogen-bond acceptors (Lipinski definition) is 3. The Balaban J connectivity index is 0.905. The van der Waals surface area contributed by atoms with E-state index < -0.39 is 0 Å². The van der Waals surface area contributed by atoms with Crippen LogP contribution in [-0.4, -0.2) is 0 Å². The van der Waals surface area contributed by atoms with Crippen LogP contribution in [0, 0.1) is 0 Å². The van der Waals surface area contributed by atoms with Crippen LogP contribution in [0.4, 0.5) is 17.1 Å². The molecule has 12 aromatic rings. The fourth-order valence-corrected chi connectivity index (χ4v) is 9.13. The molecule has 0 N–H and O–H groups in total. The molecular formula is C60H39NO2. The van der Waals surface area contributed by atoms with Crippen molar-refractivity contribution in [2.24, 2.45) is 0 Å². The van der Waals surface area contributed by atoms with E-state index in [1.807, 2.05) is 18.2 Å². The zero-order valence-corrected chi connectivity index (χ0v) is 34.3. The van der Waals surface area contributed by atoms with E-state index >= 15 is 0 Å². The van der Waals surface area contributed by atoms with Gasteiger partial charge in [0.2, 0.25) is 0 Å². The average molecular weight is 806 g/mol. The Morgan fingerprint density at radius 2 is 0.603 bits per heavy atom. The summed E-state index contributed by atoms with van der Waals surface area (Å²) in [5, 5.41) is 4.48. The molecular weight excluding hydrogens is 767 g/mol. The zero-order chi connectivity index (χ0) is 41.7. The molecule has 12 rings (SSSR count). The average Bonchev–Trinajstić information content (AvgIpc) is 3.94. The number of anilines is 3. The van der Waals surface area contributed by atoms with Crippen LogP contribution in [0.5, 0.6) is 0 Å². The first kappa shape index (κ1) is 36.5. The molecule has 0 aliphatic heterocycles. The molecule has 0 atom stereocenters. The molecule has 0 spiro atoms. The van der Waals surface area contributed by atoms with Crippen LogP contribution in [0.15, 0.2) is 245 Å². The molecule has 0 saturated carbocycles. The predicted molar refractivity (Wildman–Crippen MR) is 263 cm³/mol. The van der Waals surface area contributed by atoms with Crippen LogP contribution >= 0.6 is 0 Å². The Kier molecular flexibility index (Phi) is 8.83. The third-order valence-electron chi connectivity index (χ3n) is 12.3. The molecule has 3 nitrogen and oxygen atoms in total. The Hall–Kier alpha value is -8.40. The first-order chi connectivity index (χ1) is 31.2. The van der Waals surface area contributed by atoms with Crippen LogP contribution in [0.1, 0.15) is 0 Å². The maximum absolute atomic E-state index is 6.50. The second-order valence-electron chi connectivity index (χ2n) is 16.1. The summed E-state index contributed by atoms with van der Waals surface area (Å²) in [4.78, 5) is 2.33. The standard InChI is InChI=1S/C60H39NO2/c1-3-11-40(12-4-1)41-21-23-42(24-22-41)43-25-32-48(33-26-43)61(50-36-29-46(30-37-50)52-17-9-18-54-53-15-7-8-20-57(53)62-59(52)54)49-34-27-44(28-35-49)47-31-38-58-56(39-47)55-19-10-16-51(60(55)63-58)45-13-5-2-6-14-45/h1-39H. The highest BCUT2D eigenvalue weighted by Crippen LogP contribution is 2.42. The Bertz CT molecular complexity index is 3570.